The van der Waals surface area contributed by atoms with E-state index in [-0.39, 0.29) is 12.1 Å². The molecule has 0 saturated heterocycles. The summed E-state index contributed by atoms with van der Waals surface area (Å²) in [6, 6.07) is 3.53. The molecule has 4 heteroatoms. The van der Waals surface area contributed by atoms with E-state index in [2.05, 4.69) is 11.9 Å². The molecule has 96 valence electrons. The summed E-state index contributed by atoms with van der Waals surface area (Å²) in [5.41, 5.74) is 2.38. The number of aryl methyl sites for hydroxylation is 1. The van der Waals surface area contributed by atoms with E-state index in [4.69, 9.17) is 4.74 Å². The predicted octanol–water partition coefficient (Wildman–Crippen LogP) is 2.85. The molecule has 0 aliphatic carbocycles. The number of carbonyl (C=O) groups is 1. The Bertz CT molecular complexity index is 558. The Morgan fingerprint density at radius 3 is 2.94 bits per heavy atom. The fourth-order valence-corrected chi connectivity index (χ4v) is 1.82. The van der Waals surface area contributed by atoms with Crippen LogP contribution in [0.5, 0.6) is 0 Å². The lowest BCUT2D eigenvalue weighted by molar-refractivity contribution is 0.0378. The maximum absolute atomic E-state index is 11.8. The Balaban J connectivity index is 2.29. The van der Waals surface area contributed by atoms with Crippen molar-refractivity contribution in [3.8, 4) is 0 Å². The highest BCUT2D eigenvalue weighted by atomic mass is 16.5. The van der Waals surface area contributed by atoms with Crippen molar-refractivity contribution >= 4 is 11.6 Å². The van der Waals surface area contributed by atoms with E-state index in [0.717, 1.165) is 24.2 Å². The van der Waals surface area contributed by atoms with Crippen LogP contribution in [0.25, 0.3) is 5.65 Å². The molecule has 0 atom stereocenters. The minimum atomic E-state index is -0.299. The fraction of sp³-hybridized carbons (Fsp3) is 0.429. The van der Waals surface area contributed by atoms with Crippen molar-refractivity contribution in [1.29, 1.82) is 0 Å². The molecule has 2 aromatic rings. The summed E-state index contributed by atoms with van der Waals surface area (Å²) >= 11 is 0. The van der Waals surface area contributed by atoms with Crippen LogP contribution in [-0.2, 0) is 11.2 Å². The van der Waals surface area contributed by atoms with Crippen LogP contribution < -0.4 is 0 Å². The number of hydrogen-bond acceptors (Lipinski definition) is 3. The average molecular weight is 246 g/mol. The zero-order valence-electron chi connectivity index (χ0n) is 11.0. The Hall–Kier alpha value is -1.84. The third kappa shape index (κ3) is 2.70. The molecule has 0 saturated carbocycles. The highest BCUT2D eigenvalue weighted by Crippen LogP contribution is 2.11. The molecule has 2 rings (SSSR count). The number of nitrogens with zero attached hydrogens (tertiary/aromatic N) is 2. The number of pyridine rings is 1. The zero-order chi connectivity index (χ0) is 13.1. The van der Waals surface area contributed by atoms with E-state index in [1.165, 1.54) is 0 Å². The highest BCUT2D eigenvalue weighted by molar-refractivity contribution is 5.90. The van der Waals surface area contributed by atoms with Gasteiger partial charge in [-0.2, -0.15) is 0 Å². The molecule has 2 heterocycles. The van der Waals surface area contributed by atoms with Gasteiger partial charge in [0.1, 0.15) is 5.65 Å². The number of aromatic nitrogens is 2. The van der Waals surface area contributed by atoms with Gasteiger partial charge in [0.2, 0.25) is 0 Å². The molecule has 2 aromatic heterocycles. The Morgan fingerprint density at radius 1 is 1.50 bits per heavy atom. The van der Waals surface area contributed by atoms with Crippen molar-refractivity contribution in [2.45, 2.75) is 39.7 Å². The van der Waals surface area contributed by atoms with Crippen LogP contribution in [0.1, 0.15) is 43.2 Å². The van der Waals surface area contributed by atoms with Crippen LogP contribution in [-0.4, -0.2) is 21.5 Å². The summed E-state index contributed by atoms with van der Waals surface area (Å²) in [4.78, 5) is 16.3. The molecule has 0 aromatic carbocycles. The molecule has 0 N–H and O–H groups in total. The number of carbonyl (C=O) groups excluding carboxylic acids is 1. The maximum Gasteiger partial charge on any atom is 0.338 e. The standard InChI is InChI=1S/C14H18N2O2/c1-4-5-12-9-16-7-6-11(8-13(16)15-12)14(17)18-10(2)3/h6-10H,4-5H2,1-3H3. The third-order valence-corrected chi connectivity index (χ3v) is 2.59. The molecule has 0 aliphatic rings. The van der Waals surface area contributed by atoms with E-state index in [9.17, 15) is 4.79 Å². The van der Waals surface area contributed by atoms with Gasteiger partial charge in [-0.1, -0.05) is 13.3 Å². The average Bonchev–Trinajstić information content (AvgIpc) is 2.69. The van der Waals surface area contributed by atoms with Crippen molar-refractivity contribution in [2.24, 2.45) is 0 Å². The first kappa shape index (κ1) is 12.6. The van der Waals surface area contributed by atoms with Gasteiger partial charge >= 0.3 is 5.97 Å². The van der Waals surface area contributed by atoms with Gasteiger partial charge in [-0.3, -0.25) is 0 Å². The number of imidazole rings is 1. The molecular formula is C14H18N2O2. The summed E-state index contributed by atoms with van der Waals surface area (Å²) in [6.07, 6.45) is 5.75. The molecule has 4 nitrogen and oxygen atoms in total. The van der Waals surface area contributed by atoms with Gasteiger partial charge in [0, 0.05) is 12.4 Å². The Morgan fingerprint density at radius 2 is 2.28 bits per heavy atom. The molecule has 0 unspecified atom stereocenters. The first-order valence-corrected chi connectivity index (χ1v) is 6.28. The van der Waals surface area contributed by atoms with Gasteiger partial charge in [0.15, 0.2) is 0 Å². The largest absolute Gasteiger partial charge is 0.459 e. The molecular weight excluding hydrogens is 228 g/mol. The fourth-order valence-electron chi connectivity index (χ4n) is 1.82. The molecule has 0 fully saturated rings. The number of rotatable bonds is 4. The second-order valence-corrected chi connectivity index (χ2v) is 4.62. The summed E-state index contributed by atoms with van der Waals surface area (Å²) in [5.74, 6) is -0.299. The van der Waals surface area contributed by atoms with Gasteiger partial charge in [0.05, 0.1) is 17.4 Å². The minimum Gasteiger partial charge on any atom is -0.459 e. The van der Waals surface area contributed by atoms with Crippen LogP contribution in [0.2, 0.25) is 0 Å². The molecule has 0 radical (unpaired) electrons. The predicted molar refractivity (Wildman–Crippen MR) is 69.7 cm³/mol. The van der Waals surface area contributed by atoms with Crippen LogP contribution in [0.3, 0.4) is 0 Å². The van der Waals surface area contributed by atoms with Crippen molar-refractivity contribution in [3.63, 3.8) is 0 Å². The quantitative estimate of drug-likeness (QED) is 0.779. The second kappa shape index (κ2) is 5.21. The molecule has 0 spiro atoms. The van der Waals surface area contributed by atoms with E-state index in [1.54, 1.807) is 12.1 Å². The van der Waals surface area contributed by atoms with Crippen LogP contribution in [0, 0.1) is 0 Å². The lowest BCUT2D eigenvalue weighted by atomic mass is 10.2. The SMILES string of the molecule is CCCc1cn2ccc(C(=O)OC(C)C)cc2n1. The lowest BCUT2D eigenvalue weighted by Gasteiger charge is -2.07. The van der Waals surface area contributed by atoms with Gasteiger partial charge in [0.25, 0.3) is 0 Å². The third-order valence-electron chi connectivity index (χ3n) is 2.59. The van der Waals surface area contributed by atoms with Crippen LogP contribution in [0.15, 0.2) is 24.5 Å². The first-order valence-electron chi connectivity index (χ1n) is 6.28. The van der Waals surface area contributed by atoms with Gasteiger partial charge in [-0.05, 0) is 32.4 Å². The van der Waals surface area contributed by atoms with Gasteiger partial charge in [-0.25, -0.2) is 9.78 Å². The lowest BCUT2D eigenvalue weighted by Crippen LogP contribution is -2.11. The summed E-state index contributed by atoms with van der Waals surface area (Å²) < 4.78 is 7.09. The molecule has 0 amide bonds. The van der Waals surface area contributed by atoms with Crippen LogP contribution >= 0.6 is 0 Å². The van der Waals surface area contributed by atoms with E-state index < -0.39 is 0 Å². The van der Waals surface area contributed by atoms with Crippen molar-refractivity contribution in [3.05, 3.63) is 35.8 Å². The number of fused-ring (bicyclic) bond motifs is 1. The smallest absolute Gasteiger partial charge is 0.338 e. The topological polar surface area (TPSA) is 43.6 Å². The van der Waals surface area contributed by atoms with Crippen molar-refractivity contribution in [1.82, 2.24) is 9.38 Å². The number of ether oxygens (including phenoxy) is 1. The monoisotopic (exact) mass is 246 g/mol. The highest BCUT2D eigenvalue weighted by Gasteiger charge is 2.10. The summed E-state index contributed by atoms with van der Waals surface area (Å²) in [7, 11) is 0. The number of hydrogen-bond donors (Lipinski definition) is 0. The minimum absolute atomic E-state index is 0.107. The normalized spacial score (nSPS) is 11.1. The maximum atomic E-state index is 11.8. The van der Waals surface area contributed by atoms with Gasteiger partial charge < -0.3 is 9.14 Å². The first-order chi connectivity index (χ1) is 8.60. The van der Waals surface area contributed by atoms with E-state index >= 15 is 0 Å². The number of esters is 1. The molecule has 0 bridgehead atoms. The zero-order valence-corrected chi connectivity index (χ0v) is 11.0. The molecule has 18 heavy (non-hydrogen) atoms. The molecule has 0 aliphatic heterocycles. The Labute approximate surface area is 107 Å². The Kier molecular flexibility index (Phi) is 3.65. The second-order valence-electron chi connectivity index (χ2n) is 4.62. The van der Waals surface area contributed by atoms with Crippen LogP contribution in [0.4, 0.5) is 0 Å². The summed E-state index contributed by atoms with van der Waals surface area (Å²) in [6.45, 7) is 5.80. The van der Waals surface area contributed by atoms with E-state index in [0.29, 0.717) is 5.56 Å². The summed E-state index contributed by atoms with van der Waals surface area (Å²) in [5, 5.41) is 0. The van der Waals surface area contributed by atoms with E-state index in [1.807, 2.05) is 30.6 Å². The van der Waals surface area contributed by atoms with Crippen molar-refractivity contribution in [2.75, 3.05) is 0 Å². The van der Waals surface area contributed by atoms with Crippen molar-refractivity contribution < 1.29 is 9.53 Å². The van der Waals surface area contributed by atoms with Gasteiger partial charge in [-0.15, -0.1) is 0 Å².